The van der Waals surface area contributed by atoms with Crippen molar-refractivity contribution in [1.82, 2.24) is 4.98 Å². The first-order valence-corrected chi connectivity index (χ1v) is 8.34. The van der Waals surface area contributed by atoms with Crippen molar-refractivity contribution in [2.24, 2.45) is 5.73 Å². The van der Waals surface area contributed by atoms with Crippen molar-refractivity contribution in [3.05, 3.63) is 65.5 Å². The van der Waals surface area contributed by atoms with Gasteiger partial charge >= 0.3 is 11.9 Å². The van der Waals surface area contributed by atoms with Crippen molar-refractivity contribution in [1.29, 1.82) is 0 Å². The van der Waals surface area contributed by atoms with Gasteiger partial charge in [0.1, 0.15) is 5.60 Å². The smallest absolute Gasteiger partial charge is 0.355 e. The summed E-state index contributed by atoms with van der Waals surface area (Å²) in [4.78, 5) is 41.2. The Morgan fingerprint density at radius 1 is 1.07 bits per heavy atom. The molecule has 1 aromatic heterocycles. The second-order valence-electron chi connectivity index (χ2n) is 7.17. The van der Waals surface area contributed by atoms with E-state index in [1.54, 1.807) is 51.1 Å². The molecule has 0 unspecified atom stereocenters. The molecule has 0 aliphatic rings. The molecule has 3 N–H and O–H groups in total. The number of carbonyl (C=O) groups excluding carboxylic acids is 2. The predicted molar refractivity (Wildman–Crippen MR) is 98.4 cm³/mol. The molecule has 7 heteroatoms. The standard InChI is InChI=1S/C20H22N2O5/c1-19(2,3)27-18(26)20(21,12-13-8-5-4-6-9-13)16(23)14-10-7-11-22-15(14)17(24)25/h4-11H,12,21H2,1-3H3,(H,24,25)/t20-/m0/s1. The van der Waals surface area contributed by atoms with E-state index in [0.717, 1.165) is 0 Å². The van der Waals surface area contributed by atoms with Gasteiger partial charge in [0, 0.05) is 12.6 Å². The number of carboxylic acids is 1. The molecule has 0 amide bonds. The van der Waals surface area contributed by atoms with E-state index < -0.39 is 34.6 Å². The lowest BCUT2D eigenvalue weighted by molar-refractivity contribution is -0.159. The molecule has 27 heavy (non-hydrogen) atoms. The number of nitrogens with two attached hydrogens (primary N) is 1. The molecular formula is C20H22N2O5. The molecule has 2 rings (SSSR count). The molecule has 0 aliphatic carbocycles. The number of ether oxygens (including phenoxy) is 1. The third-order valence-corrected chi connectivity index (χ3v) is 3.75. The van der Waals surface area contributed by atoms with Crippen LogP contribution in [0.2, 0.25) is 0 Å². The van der Waals surface area contributed by atoms with Crippen molar-refractivity contribution in [3.63, 3.8) is 0 Å². The molecule has 0 radical (unpaired) electrons. The number of esters is 1. The van der Waals surface area contributed by atoms with E-state index in [1.807, 2.05) is 0 Å². The fourth-order valence-corrected chi connectivity index (χ4v) is 2.53. The van der Waals surface area contributed by atoms with Crippen molar-refractivity contribution in [2.75, 3.05) is 0 Å². The Kier molecular flexibility index (Phi) is 5.75. The normalized spacial score (nSPS) is 13.5. The summed E-state index contributed by atoms with van der Waals surface area (Å²) in [5, 5.41) is 9.32. The zero-order valence-electron chi connectivity index (χ0n) is 15.4. The first-order valence-electron chi connectivity index (χ1n) is 8.34. The summed E-state index contributed by atoms with van der Waals surface area (Å²) in [5.74, 6) is -3.17. The van der Waals surface area contributed by atoms with Crippen molar-refractivity contribution >= 4 is 17.7 Å². The number of nitrogens with zero attached hydrogens (tertiary/aromatic N) is 1. The lowest BCUT2D eigenvalue weighted by Crippen LogP contribution is -2.59. The number of aromatic carboxylic acids is 1. The fraction of sp³-hybridized carbons (Fsp3) is 0.300. The number of carboxylic acid groups (broad SMARTS) is 1. The summed E-state index contributed by atoms with van der Waals surface area (Å²) in [7, 11) is 0. The van der Waals surface area contributed by atoms with Crippen LogP contribution < -0.4 is 5.73 Å². The summed E-state index contributed by atoms with van der Waals surface area (Å²) >= 11 is 0. The number of hydrogen-bond acceptors (Lipinski definition) is 6. The highest BCUT2D eigenvalue weighted by atomic mass is 16.6. The zero-order valence-corrected chi connectivity index (χ0v) is 15.4. The van der Waals surface area contributed by atoms with Crippen LogP contribution in [-0.2, 0) is 16.0 Å². The number of Topliss-reactive ketones (excluding diaryl/α,β-unsaturated/α-hetero) is 1. The largest absolute Gasteiger partial charge is 0.476 e. The molecule has 142 valence electrons. The lowest BCUT2D eigenvalue weighted by Gasteiger charge is -2.30. The van der Waals surface area contributed by atoms with Crippen LogP contribution in [0.15, 0.2) is 48.7 Å². The van der Waals surface area contributed by atoms with E-state index >= 15 is 0 Å². The third-order valence-electron chi connectivity index (χ3n) is 3.75. The van der Waals surface area contributed by atoms with Crippen molar-refractivity contribution < 1.29 is 24.2 Å². The summed E-state index contributed by atoms with van der Waals surface area (Å²) in [5.41, 5.74) is 3.25. The highest BCUT2D eigenvalue weighted by molar-refractivity contribution is 6.19. The number of aromatic nitrogens is 1. The highest BCUT2D eigenvalue weighted by Crippen LogP contribution is 2.23. The molecule has 0 saturated heterocycles. The van der Waals surface area contributed by atoms with E-state index in [2.05, 4.69) is 4.98 Å². The maximum Gasteiger partial charge on any atom is 0.355 e. The molecule has 1 aromatic carbocycles. The minimum absolute atomic E-state index is 0.143. The van der Waals surface area contributed by atoms with Crippen LogP contribution in [0.3, 0.4) is 0 Å². The van der Waals surface area contributed by atoms with Crippen LogP contribution in [0.25, 0.3) is 0 Å². The first kappa shape index (κ1) is 20.3. The molecule has 2 aromatic rings. The van der Waals surface area contributed by atoms with Gasteiger partial charge in [-0.3, -0.25) is 4.79 Å². The minimum atomic E-state index is -2.10. The monoisotopic (exact) mass is 370 g/mol. The maximum absolute atomic E-state index is 13.2. The van der Waals surface area contributed by atoms with E-state index in [9.17, 15) is 19.5 Å². The van der Waals surface area contributed by atoms with Gasteiger partial charge in [-0.2, -0.15) is 0 Å². The van der Waals surface area contributed by atoms with Crippen LogP contribution >= 0.6 is 0 Å². The van der Waals surface area contributed by atoms with Crippen LogP contribution in [0, 0.1) is 0 Å². The van der Waals surface area contributed by atoms with Gasteiger partial charge in [-0.05, 0) is 38.5 Å². The Morgan fingerprint density at radius 3 is 2.26 bits per heavy atom. The quantitative estimate of drug-likeness (QED) is 0.454. The Morgan fingerprint density at radius 2 is 1.70 bits per heavy atom. The van der Waals surface area contributed by atoms with Crippen molar-refractivity contribution in [3.8, 4) is 0 Å². The molecule has 0 saturated carbocycles. The molecule has 7 nitrogen and oxygen atoms in total. The summed E-state index contributed by atoms with van der Waals surface area (Å²) in [6.07, 6.45) is 1.11. The molecule has 0 bridgehead atoms. The van der Waals surface area contributed by atoms with Gasteiger partial charge in [0.05, 0.1) is 5.56 Å². The van der Waals surface area contributed by atoms with Gasteiger partial charge in [0.15, 0.2) is 17.0 Å². The number of carbonyl (C=O) groups is 3. The Bertz CT molecular complexity index is 858. The number of pyridine rings is 1. The Balaban J connectivity index is 2.53. The highest BCUT2D eigenvalue weighted by Gasteiger charge is 2.46. The van der Waals surface area contributed by atoms with E-state index in [4.69, 9.17) is 10.5 Å². The number of benzene rings is 1. The summed E-state index contributed by atoms with van der Waals surface area (Å²) in [6.45, 7) is 4.97. The molecule has 0 fully saturated rings. The Labute approximate surface area is 157 Å². The van der Waals surface area contributed by atoms with E-state index in [1.165, 1.54) is 18.3 Å². The van der Waals surface area contributed by atoms with Crippen molar-refractivity contribution in [2.45, 2.75) is 38.3 Å². The lowest BCUT2D eigenvalue weighted by atomic mass is 9.83. The fourth-order valence-electron chi connectivity index (χ4n) is 2.53. The molecule has 1 heterocycles. The van der Waals surface area contributed by atoms with Gasteiger partial charge in [-0.15, -0.1) is 0 Å². The second-order valence-corrected chi connectivity index (χ2v) is 7.17. The SMILES string of the molecule is CC(C)(C)OC(=O)[C@](N)(Cc1ccccc1)C(=O)c1cccnc1C(=O)O. The average molecular weight is 370 g/mol. The maximum atomic E-state index is 13.2. The molecular weight excluding hydrogens is 348 g/mol. The van der Waals surface area contributed by atoms with Crippen LogP contribution in [0.4, 0.5) is 0 Å². The minimum Gasteiger partial charge on any atom is -0.476 e. The predicted octanol–water partition coefficient (Wildman–Crippen LogP) is 2.24. The first-order chi connectivity index (χ1) is 12.5. The van der Waals surface area contributed by atoms with Crippen LogP contribution in [-0.4, -0.2) is 39.0 Å². The zero-order chi connectivity index (χ0) is 20.2. The average Bonchev–Trinajstić information content (AvgIpc) is 2.60. The van der Waals surface area contributed by atoms with Crippen LogP contribution in [0.5, 0.6) is 0 Å². The number of rotatable bonds is 6. The third kappa shape index (κ3) is 4.77. The van der Waals surface area contributed by atoms with Crippen LogP contribution in [0.1, 0.15) is 47.2 Å². The molecule has 1 atom stereocenters. The second kappa shape index (κ2) is 7.67. The Hall–Kier alpha value is -3.06. The van der Waals surface area contributed by atoms with Gasteiger partial charge in [-0.25, -0.2) is 14.6 Å². The van der Waals surface area contributed by atoms with Gasteiger partial charge in [0.25, 0.3) is 0 Å². The summed E-state index contributed by atoms with van der Waals surface area (Å²) in [6, 6.07) is 11.4. The van der Waals surface area contributed by atoms with E-state index in [-0.39, 0.29) is 12.0 Å². The number of ketones is 1. The topological polar surface area (TPSA) is 120 Å². The van der Waals surface area contributed by atoms with Gasteiger partial charge in [0.2, 0.25) is 0 Å². The molecule has 0 aliphatic heterocycles. The molecule has 0 spiro atoms. The summed E-state index contributed by atoms with van der Waals surface area (Å²) < 4.78 is 5.37. The van der Waals surface area contributed by atoms with Gasteiger partial charge < -0.3 is 15.6 Å². The van der Waals surface area contributed by atoms with E-state index in [0.29, 0.717) is 5.56 Å². The number of hydrogen-bond donors (Lipinski definition) is 2. The van der Waals surface area contributed by atoms with Gasteiger partial charge in [-0.1, -0.05) is 30.3 Å².